The summed E-state index contributed by atoms with van der Waals surface area (Å²) in [6.45, 7) is 2.00. The van der Waals surface area contributed by atoms with Crippen molar-refractivity contribution in [1.29, 1.82) is 0 Å². The third kappa shape index (κ3) is 2.78. The molecule has 5 heteroatoms. The summed E-state index contributed by atoms with van der Waals surface area (Å²) in [5, 5.41) is 12.7. The molecule has 2 heterocycles. The van der Waals surface area contributed by atoms with Gasteiger partial charge in [0.05, 0.1) is 5.92 Å². The van der Waals surface area contributed by atoms with Crippen LogP contribution in [-0.4, -0.2) is 41.0 Å². The van der Waals surface area contributed by atoms with Crippen LogP contribution in [0.3, 0.4) is 0 Å². The third-order valence-corrected chi connectivity index (χ3v) is 4.46. The normalized spacial score (nSPS) is 25.2. The molecule has 0 spiro atoms. The first-order valence-corrected chi connectivity index (χ1v) is 7.47. The first kappa shape index (κ1) is 14.1. The zero-order valence-electron chi connectivity index (χ0n) is 11.9. The molecule has 5 nitrogen and oxygen atoms in total. The van der Waals surface area contributed by atoms with E-state index in [1.165, 1.54) is 0 Å². The fraction of sp³-hybridized carbons (Fsp3) is 0.500. The summed E-state index contributed by atoms with van der Waals surface area (Å²) >= 11 is 0. The van der Waals surface area contributed by atoms with Crippen LogP contribution in [0, 0.1) is 5.92 Å². The van der Waals surface area contributed by atoms with E-state index in [1.54, 1.807) is 4.90 Å². The lowest BCUT2D eigenvalue weighted by Gasteiger charge is -2.37. The van der Waals surface area contributed by atoms with Crippen LogP contribution in [0.1, 0.15) is 24.0 Å². The van der Waals surface area contributed by atoms with Crippen LogP contribution in [0.2, 0.25) is 0 Å². The van der Waals surface area contributed by atoms with Crippen molar-refractivity contribution in [3.05, 3.63) is 35.4 Å². The lowest BCUT2D eigenvalue weighted by atomic mass is 9.91. The van der Waals surface area contributed by atoms with Crippen molar-refractivity contribution >= 4 is 11.9 Å². The largest absolute Gasteiger partial charge is 0.480 e. The van der Waals surface area contributed by atoms with E-state index < -0.39 is 12.0 Å². The zero-order chi connectivity index (χ0) is 14.8. The van der Waals surface area contributed by atoms with E-state index >= 15 is 0 Å². The number of hydrogen-bond acceptors (Lipinski definition) is 3. The van der Waals surface area contributed by atoms with E-state index in [4.69, 9.17) is 0 Å². The van der Waals surface area contributed by atoms with Crippen molar-refractivity contribution in [2.75, 3.05) is 13.1 Å². The number of benzene rings is 1. The number of nitrogens with one attached hydrogen (secondary N) is 1. The van der Waals surface area contributed by atoms with Crippen LogP contribution < -0.4 is 5.32 Å². The molecule has 2 atom stereocenters. The van der Waals surface area contributed by atoms with Crippen molar-refractivity contribution in [2.45, 2.75) is 31.8 Å². The van der Waals surface area contributed by atoms with Gasteiger partial charge in [0.25, 0.3) is 0 Å². The quantitative estimate of drug-likeness (QED) is 0.852. The van der Waals surface area contributed by atoms with Crippen molar-refractivity contribution < 1.29 is 14.7 Å². The molecule has 21 heavy (non-hydrogen) atoms. The molecule has 0 radical (unpaired) electrons. The highest BCUT2D eigenvalue weighted by atomic mass is 16.4. The van der Waals surface area contributed by atoms with Gasteiger partial charge in [0.2, 0.25) is 5.91 Å². The summed E-state index contributed by atoms with van der Waals surface area (Å²) in [5.74, 6) is -1.03. The second-order valence-electron chi connectivity index (χ2n) is 5.84. The number of rotatable bonds is 2. The van der Waals surface area contributed by atoms with Gasteiger partial charge in [0.1, 0.15) is 6.04 Å². The maximum atomic E-state index is 12.7. The van der Waals surface area contributed by atoms with Gasteiger partial charge in [-0.15, -0.1) is 0 Å². The number of piperidine rings is 1. The Morgan fingerprint density at radius 2 is 2.00 bits per heavy atom. The van der Waals surface area contributed by atoms with E-state index in [2.05, 4.69) is 5.32 Å². The molecule has 2 aliphatic rings. The number of hydrogen-bond donors (Lipinski definition) is 2. The molecule has 2 N–H and O–H groups in total. The molecule has 2 unspecified atom stereocenters. The van der Waals surface area contributed by atoms with E-state index in [0.717, 1.165) is 30.5 Å². The van der Waals surface area contributed by atoms with Crippen molar-refractivity contribution in [2.24, 2.45) is 5.92 Å². The SMILES string of the molecule is O=C(O)C1Cc2ccccc2CN1C(=O)C1CCCNC1. The van der Waals surface area contributed by atoms with Crippen LogP contribution >= 0.6 is 0 Å². The molecule has 1 saturated heterocycles. The number of fused-ring (bicyclic) bond motifs is 1. The Hall–Kier alpha value is -1.88. The summed E-state index contributed by atoms with van der Waals surface area (Å²) in [6.07, 6.45) is 2.21. The smallest absolute Gasteiger partial charge is 0.326 e. The fourth-order valence-electron chi connectivity index (χ4n) is 3.27. The Morgan fingerprint density at radius 3 is 2.67 bits per heavy atom. The number of nitrogens with zero attached hydrogens (tertiary/aromatic N) is 1. The Balaban J connectivity index is 1.85. The number of aliphatic carboxylic acids is 1. The van der Waals surface area contributed by atoms with Crippen LogP contribution in [0.5, 0.6) is 0 Å². The highest BCUT2D eigenvalue weighted by Gasteiger charge is 2.37. The average Bonchev–Trinajstić information content (AvgIpc) is 2.53. The molecule has 1 fully saturated rings. The fourth-order valence-corrected chi connectivity index (χ4v) is 3.27. The molecule has 1 aromatic carbocycles. The van der Waals surface area contributed by atoms with Crippen LogP contribution in [0.4, 0.5) is 0 Å². The minimum Gasteiger partial charge on any atom is -0.480 e. The molecular formula is C16H20N2O3. The molecular weight excluding hydrogens is 268 g/mol. The topological polar surface area (TPSA) is 69.6 Å². The molecule has 3 rings (SSSR count). The molecule has 1 amide bonds. The standard InChI is InChI=1S/C16H20N2O3/c19-15(12-6-3-7-17-9-12)18-10-13-5-2-1-4-11(13)8-14(18)16(20)21/h1-2,4-5,12,14,17H,3,6-10H2,(H,20,21). The van der Waals surface area contributed by atoms with Crippen LogP contribution in [0.25, 0.3) is 0 Å². The third-order valence-electron chi connectivity index (χ3n) is 4.46. The second-order valence-corrected chi connectivity index (χ2v) is 5.84. The molecule has 0 saturated carbocycles. The van der Waals surface area contributed by atoms with Gasteiger partial charge in [-0.2, -0.15) is 0 Å². The number of carboxylic acid groups (broad SMARTS) is 1. The van der Waals surface area contributed by atoms with Gasteiger partial charge < -0.3 is 15.3 Å². The molecule has 2 aliphatic heterocycles. The minimum absolute atomic E-state index is 0.0240. The lowest BCUT2D eigenvalue weighted by molar-refractivity contribution is -0.153. The number of carbonyl (C=O) groups excluding carboxylic acids is 1. The maximum absolute atomic E-state index is 12.7. The van der Waals surface area contributed by atoms with Gasteiger partial charge in [-0.1, -0.05) is 24.3 Å². The van der Waals surface area contributed by atoms with Gasteiger partial charge in [-0.05, 0) is 30.5 Å². The van der Waals surface area contributed by atoms with E-state index in [0.29, 0.717) is 19.5 Å². The molecule has 112 valence electrons. The Kier molecular flexibility index (Phi) is 3.92. The Labute approximate surface area is 123 Å². The van der Waals surface area contributed by atoms with Crippen molar-refractivity contribution in [3.63, 3.8) is 0 Å². The molecule has 0 aromatic heterocycles. The number of carbonyl (C=O) groups is 2. The zero-order valence-corrected chi connectivity index (χ0v) is 11.9. The molecule has 1 aromatic rings. The minimum atomic E-state index is -0.915. The Morgan fingerprint density at radius 1 is 1.24 bits per heavy atom. The van der Waals surface area contributed by atoms with Crippen molar-refractivity contribution in [3.8, 4) is 0 Å². The van der Waals surface area contributed by atoms with Crippen LogP contribution in [0.15, 0.2) is 24.3 Å². The highest BCUT2D eigenvalue weighted by Crippen LogP contribution is 2.26. The molecule has 0 bridgehead atoms. The number of amides is 1. The second kappa shape index (κ2) is 5.85. The number of carboxylic acids is 1. The Bertz CT molecular complexity index is 552. The summed E-state index contributed by atoms with van der Waals surface area (Å²) in [7, 11) is 0. The molecule has 0 aliphatic carbocycles. The van der Waals surface area contributed by atoms with E-state index in [9.17, 15) is 14.7 Å². The van der Waals surface area contributed by atoms with Crippen molar-refractivity contribution in [1.82, 2.24) is 10.2 Å². The summed E-state index contributed by atoms with van der Waals surface area (Å²) in [4.78, 5) is 25.8. The van der Waals surface area contributed by atoms with Gasteiger partial charge in [-0.3, -0.25) is 4.79 Å². The van der Waals surface area contributed by atoms with Gasteiger partial charge >= 0.3 is 5.97 Å². The van der Waals surface area contributed by atoms with E-state index in [-0.39, 0.29) is 11.8 Å². The monoisotopic (exact) mass is 288 g/mol. The summed E-state index contributed by atoms with van der Waals surface area (Å²) in [5.41, 5.74) is 2.10. The summed E-state index contributed by atoms with van der Waals surface area (Å²) in [6, 6.07) is 7.04. The predicted octanol–water partition coefficient (Wildman–Crippen LogP) is 1.02. The summed E-state index contributed by atoms with van der Waals surface area (Å²) < 4.78 is 0. The average molecular weight is 288 g/mol. The van der Waals surface area contributed by atoms with Gasteiger partial charge in [-0.25, -0.2) is 4.79 Å². The van der Waals surface area contributed by atoms with Crippen LogP contribution in [-0.2, 0) is 22.6 Å². The van der Waals surface area contributed by atoms with E-state index in [1.807, 2.05) is 24.3 Å². The van der Waals surface area contributed by atoms with Gasteiger partial charge in [0.15, 0.2) is 0 Å². The predicted molar refractivity (Wildman–Crippen MR) is 77.7 cm³/mol. The first-order chi connectivity index (χ1) is 10.2. The highest BCUT2D eigenvalue weighted by molar-refractivity contribution is 5.86. The first-order valence-electron chi connectivity index (χ1n) is 7.47. The maximum Gasteiger partial charge on any atom is 0.326 e. The lowest BCUT2D eigenvalue weighted by Crippen LogP contribution is -2.52. The van der Waals surface area contributed by atoms with Gasteiger partial charge in [0, 0.05) is 19.5 Å².